The van der Waals surface area contributed by atoms with Crippen molar-refractivity contribution in [1.82, 2.24) is 0 Å². The lowest BCUT2D eigenvalue weighted by molar-refractivity contribution is 0.217. The molecule has 1 fully saturated rings. The molecule has 0 amide bonds. The van der Waals surface area contributed by atoms with E-state index < -0.39 is 0 Å². The Balaban J connectivity index is 1.97. The van der Waals surface area contributed by atoms with Gasteiger partial charge in [0, 0.05) is 21.6 Å². The molecule has 106 valence electrons. The summed E-state index contributed by atoms with van der Waals surface area (Å²) in [5.74, 6) is 0. The van der Waals surface area contributed by atoms with Gasteiger partial charge in [-0.2, -0.15) is 0 Å². The predicted molar refractivity (Wildman–Crippen MR) is 91.3 cm³/mol. The molecule has 3 rings (SSSR count). The molecule has 1 nitrogen and oxygen atoms in total. The topological polar surface area (TPSA) is 12.0 Å². The van der Waals surface area contributed by atoms with Crippen LogP contribution in [0.25, 0.3) is 10.8 Å². The van der Waals surface area contributed by atoms with Gasteiger partial charge < -0.3 is 5.32 Å². The minimum atomic E-state index is 0.381. The number of rotatable bonds is 2. The lowest BCUT2D eigenvalue weighted by Crippen LogP contribution is -2.38. The van der Waals surface area contributed by atoms with Gasteiger partial charge in [0.05, 0.1) is 0 Å². The molecule has 0 bridgehead atoms. The van der Waals surface area contributed by atoms with E-state index in [1.54, 1.807) is 0 Å². The smallest absolute Gasteiger partial charge is 0.0423 e. The zero-order chi connectivity index (χ0) is 14.2. The van der Waals surface area contributed by atoms with Gasteiger partial charge >= 0.3 is 0 Å². The van der Waals surface area contributed by atoms with Gasteiger partial charge in [0.1, 0.15) is 0 Å². The highest BCUT2D eigenvalue weighted by molar-refractivity contribution is 9.10. The number of fused-ring (bicyclic) bond motifs is 1. The third-order valence-electron chi connectivity index (χ3n) is 4.71. The van der Waals surface area contributed by atoms with E-state index >= 15 is 0 Å². The molecule has 1 aliphatic rings. The molecule has 0 aromatic heterocycles. The molecule has 1 unspecified atom stereocenters. The lowest BCUT2D eigenvalue weighted by Gasteiger charge is -2.40. The molecular formula is C18H22BrN. The van der Waals surface area contributed by atoms with Crippen molar-refractivity contribution in [3.63, 3.8) is 0 Å². The summed E-state index contributed by atoms with van der Waals surface area (Å²) in [5, 5.41) is 6.41. The fourth-order valence-corrected chi connectivity index (χ4v) is 3.82. The Hall–Kier alpha value is -1.02. The van der Waals surface area contributed by atoms with E-state index in [1.165, 1.54) is 46.6 Å². The van der Waals surface area contributed by atoms with Gasteiger partial charge in [0.2, 0.25) is 0 Å². The fourth-order valence-electron chi connectivity index (χ4n) is 3.34. The van der Waals surface area contributed by atoms with Crippen LogP contribution >= 0.6 is 15.9 Å². The predicted octanol–water partition coefficient (Wildman–Crippen LogP) is 5.98. The molecule has 1 atom stereocenters. The van der Waals surface area contributed by atoms with Gasteiger partial charge in [0.25, 0.3) is 0 Å². The van der Waals surface area contributed by atoms with Gasteiger partial charge in [-0.3, -0.25) is 0 Å². The molecule has 20 heavy (non-hydrogen) atoms. The van der Waals surface area contributed by atoms with Crippen molar-refractivity contribution in [3.8, 4) is 0 Å². The minimum absolute atomic E-state index is 0.381. The van der Waals surface area contributed by atoms with Crippen LogP contribution in [-0.4, -0.2) is 6.04 Å². The molecule has 1 aliphatic carbocycles. The van der Waals surface area contributed by atoms with Gasteiger partial charge in [-0.15, -0.1) is 0 Å². The standard InChI is InChI=1S/C18H22BrN/c1-18(2)12-6-5-9-17(18)20-16-11-10-15(19)13-7-3-4-8-14(13)16/h3-4,7-8,10-11,17,20H,5-6,9,12H2,1-2H3. The highest BCUT2D eigenvalue weighted by Gasteiger charge is 2.32. The van der Waals surface area contributed by atoms with E-state index in [1.807, 2.05) is 0 Å². The van der Waals surface area contributed by atoms with E-state index in [0.717, 1.165) is 0 Å². The summed E-state index contributed by atoms with van der Waals surface area (Å²) in [5.41, 5.74) is 1.65. The largest absolute Gasteiger partial charge is 0.381 e. The third-order valence-corrected chi connectivity index (χ3v) is 5.40. The molecule has 0 spiro atoms. The highest BCUT2D eigenvalue weighted by Crippen LogP contribution is 2.39. The van der Waals surface area contributed by atoms with E-state index in [4.69, 9.17) is 0 Å². The van der Waals surface area contributed by atoms with Crippen molar-refractivity contribution < 1.29 is 0 Å². The summed E-state index contributed by atoms with van der Waals surface area (Å²) in [6.45, 7) is 4.79. The van der Waals surface area contributed by atoms with Crippen LogP contribution in [-0.2, 0) is 0 Å². The summed E-state index contributed by atoms with van der Waals surface area (Å²) in [7, 11) is 0. The fraction of sp³-hybridized carbons (Fsp3) is 0.444. The van der Waals surface area contributed by atoms with Gasteiger partial charge in [-0.05, 0) is 35.8 Å². The van der Waals surface area contributed by atoms with Crippen molar-refractivity contribution in [2.45, 2.75) is 45.6 Å². The van der Waals surface area contributed by atoms with Crippen molar-refractivity contribution in [1.29, 1.82) is 0 Å². The zero-order valence-electron chi connectivity index (χ0n) is 12.2. The Morgan fingerprint density at radius 2 is 1.80 bits per heavy atom. The summed E-state index contributed by atoms with van der Waals surface area (Å²) in [6, 6.07) is 13.5. The first kappa shape index (κ1) is 13.9. The molecule has 0 saturated heterocycles. The normalized spacial score (nSPS) is 21.9. The number of halogens is 1. The van der Waals surface area contributed by atoms with Crippen LogP contribution in [0, 0.1) is 5.41 Å². The van der Waals surface area contributed by atoms with Crippen LogP contribution in [0.5, 0.6) is 0 Å². The molecule has 2 aromatic rings. The van der Waals surface area contributed by atoms with Gasteiger partial charge in [0.15, 0.2) is 0 Å². The Labute approximate surface area is 129 Å². The summed E-state index contributed by atoms with van der Waals surface area (Å²) >= 11 is 3.65. The third kappa shape index (κ3) is 2.58. The Morgan fingerprint density at radius 1 is 1.05 bits per heavy atom. The average molecular weight is 332 g/mol. The SMILES string of the molecule is CC1(C)CCCCC1Nc1ccc(Br)c2ccccc12. The van der Waals surface area contributed by atoms with Crippen LogP contribution in [0.3, 0.4) is 0 Å². The maximum absolute atomic E-state index is 3.82. The monoisotopic (exact) mass is 331 g/mol. The molecule has 0 radical (unpaired) electrons. The molecule has 1 N–H and O–H groups in total. The van der Waals surface area contributed by atoms with Crippen LogP contribution in [0.4, 0.5) is 5.69 Å². The van der Waals surface area contributed by atoms with Crippen LogP contribution < -0.4 is 5.32 Å². The van der Waals surface area contributed by atoms with Crippen molar-refractivity contribution in [3.05, 3.63) is 40.9 Å². The number of hydrogen-bond donors (Lipinski definition) is 1. The second-order valence-electron chi connectivity index (χ2n) is 6.57. The number of nitrogens with one attached hydrogen (secondary N) is 1. The highest BCUT2D eigenvalue weighted by atomic mass is 79.9. The van der Waals surface area contributed by atoms with E-state index in [-0.39, 0.29) is 0 Å². The van der Waals surface area contributed by atoms with Crippen LogP contribution in [0.2, 0.25) is 0 Å². The van der Waals surface area contributed by atoms with Crippen molar-refractivity contribution in [2.24, 2.45) is 5.41 Å². The summed E-state index contributed by atoms with van der Waals surface area (Å²) in [4.78, 5) is 0. The lowest BCUT2D eigenvalue weighted by atomic mass is 9.73. The average Bonchev–Trinajstić information content (AvgIpc) is 2.44. The number of hydrogen-bond acceptors (Lipinski definition) is 1. The second-order valence-corrected chi connectivity index (χ2v) is 7.43. The van der Waals surface area contributed by atoms with Gasteiger partial charge in [-0.1, -0.05) is 66.9 Å². The van der Waals surface area contributed by atoms with Gasteiger partial charge in [-0.25, -0.2) is 0 Å². The van der Waals surface area contributed by atoms with Crippen LogP contribution in [0.1, 0.15) is 39.5 Å². The maximum atomic E-state index is 3.82. The summed E-state index contributed by atoms with van der Waals surface area (Å²) in [6.07, 6.45) is 5.30. The first-order valence-corrected chi connectivity index (χ1v) is 8.31. The van der Waals surface area contributed by atoms with Crippen molar-refractivity contribution in [2.75, 3.05) is 5.32 Å². The molecule has 0 heterocycles. The quantitative estimate of drug-likeness (QED) is 0.713. The molecule has 2 aromatic carbocycles. The first-order valence-electron chi connectivity index (χ1n) is 7.52. The van der Waals surface area contributed by atoms with Crippen LogP contribution in [0.15, 0.2) is 40.9 Å². The first-order chi connectivity index (χ1) is 9.58. The molecular weight excluding hydrogens is 310 g/mol. The zero-order valence-corrected chi connectivity index (χ0v) is 13.8. The molecule has 1 saturated carbocycles. The number of anilines is 1. The minimum Gasteiger partial charge on any atom is -0.381 e. The molecule has 2 heteroatoms. The van der Waals surface area contributed by atoms with E-state index in [0.29, 0.717) is 11.5 Å². The Kier molecular flexibility index (Phi) is 3.76. The Morgan fingerprint density at radius 3 is 2.55 bits per heavy atom. The second kappa shape index (κ2) is 5.40. The van der Waals surface area contributed by atoms with E-state index in [2.05, 4.69) is 71.5 Å². The Bertz CT molecular complexity index is 618. The van der Waals surface area contributed by atoms with Crippen molar-refractivity contribution >= 4 is 32.4 Å². The van der Waals surface area contributed by atoms with E-state index in [9.17, 15) is 0 Å². The summed E-state index contributed by atoms with van der Waals surface area (Å²) < 4.78 is 1.17. The number of benzene rings is 2. The molecule has 0 aliphatic heterocycles. The maximum Gasteiger partial charge on any atom is 0.0423 e.